The van der Waals surface area contributed by atoms with Crippen molar-refractivity contribution in [3.8, 4) is 0 Å². The number of nitrogens with zero attached hydrogens (tertiary/aromatic N) is 2. The Morgan fingerprint density at radius 2 is 2.00 bits per heavy atom. The minimum absolute atomic E-state index is 0.0207. The number of hydrogen-bond donors (Lipinski definition) is 1. The number of aryl methyl sites for hydroxylation is 1. The highest BCUT2D eigenvalue weighted by atomic mass is 16.5. The summed E-state index contributed by atoms with van der Waals surface area (Å²) in [4.78, 5) is 15.6. The third-order valence-corrected chi connectivity index (χ3v) is 5.62. The van der Waals surface area contributed by atoms with Crippen LogP contribution in [0, 0.1) is 6.92 Å². The number of likely N-dealkylation sites (N-methyl/N-ethyl adjacent to an activating group) is 1. The second-order valence-corrected chi connectivity index (χ2v) is 7.36. The number of ether oxygens (including phenoxy) is 1. The molecule has 3 rings (SSSR count). The largest absolute Gasteiger partial charge is 0.373 e. The van der Waals surface area contributed by atoms with Gasteiger partial charge in [-0.25, -0.2) is 0 Å². The van der Waals surface area contributed by atoms with E-state index in [0.29, 0.717) is 12.5 Å². The van der Waals surface area contributed by atoms with Gasteiger partial charge in [0.25, 0.3) is 0 Å². The Hall–Kier alpha value is -1.59. The van der Waals surface area contributed by atoms with Gasteiger partial charge < -0.3 is 20.3 Å². The molecular weight excluding hydrogens is 302 g/mol. The van der Waals surface area contributed by atoms with Crippen molar-refractivity contribution in [1.29, 1.82) is 0 Å². The van der Waals surface area contributed by atoms with Gasteiger partial charge in [0.15, 0.2) is 0 Å². The molecule has 0 saturated carbocycles. The van der Waals surface area contributed by atoms with Gasteiger partial charge in [-0.15, -0.1) is 0 Å². The number of hydrogen-bond acceptors (Lipinski definition) is 4. The highest BCUT2D eigenvalue weighted by molar-refractivity contribution is 5.73. The van der Waals surface area contributed by atoms with Crippen LogP contribution in [0.15, 0.2) is 24.3 Å². The molecule has 5 heteroatoms. The number of nitrogens with two attached hydrogens (primary N) is 1. The summed E-state index contributed by atoms with van der Waals surface area (Å²) in [7, 11) is 2.17. The number of carbonyl (C=O) groups excluding carboxylic acids is 1. The van der Waals surface area contributed by atoms with E-state index in [1.54, 1.807) is 0 Å². The Labute approximate surface area is 144 Å². The molecule has 2 heterocycles. The summed E-state index contributed by atoms with van der Waals surface area (Å²) in [5.41, 5.74) is 7.81. The van der Waals surface area contributed by atoms with Gasteiger partial charge in [-0.2, -0.15) is 0 Å². The summed E-state index contributed by atoms with van der Waals surface area (Å²) in [6.45, 7) is 5.68. The highest BCUT2D eigenvalue weighted by Crippen LogP contribution is 2.38. The normalized spacial score (nSPS) is 23.5. The first-order valence-corrected chi connectivity index (χ1v) is 8.92. The molecule has 1 amide bonds. The lowest BCUT2D eigenvalue weighted by molar-refractivity contribution is -0.118. The molecule has 2 aliphatic heterocycles. The average Bonchev–Trinajstić information content (AvgIpc) is 2.98. The van der Waals surface area contributed by atoms with Gasteiger partial charge in [0.1, 0.15) is 0 Å². The van der Waals surface area contributed by atoms with Crippen LogP contribution >= 0.6 is 0 Å². The van der Waals surface area contributed by atoms with E-state index >= 15 is 0 Å². The second-order valence-electron chi connectivity index (χ2n) is 7.36. The molecule has 0 bridgehead atoms. The molecule has 0 unspecified atom stereocenters. The highest BCUT2D eigenvalue weighted by Gasteiger charge is 2.43. The van der Waals surface area contributed by atoms with E-state index in [9.17, 15) is 4.79 Å². The predicted molar refractivity (Wildman–Crippen MR) is 96.2 cm³/mol. The molecule has 2 fully saturated rings. The Morgan fingerprint density at radius 3 is 2.62 bits per heavy atom. The van der Waals surface area contributed by atoms with Crippen LogP contribution in [-0.2, 0) is 9.53 Å². The number of anilines is 1. The molecule has 24 heavy (non-hydrogen) atoms. The van der Waals surface area contributed by atoms with E-state index < -0.39 is 0 Å². The maximum absolute atomic E-state index is 10.9. The molecule has 0 aromatic heterocycles. The van der Waals surface area contributed by atoms with E-state index in [1.165, 1.54) is 11.3 Å². The Morgan fingerprint density at radius 1 is 1.33 bits per heavy atom. The molecule has 2 N–H and O–H groups in total. The smallest absolute Gasteiger partial charge is 0.218 e. The fraction of sp³-hybridized carbons (Fsp3) is 0.632. The van der Waals surface area contributed by atoms with Crippen molar-refractivity contribution in [3.63, 3.8) is 0 Å². The van der Waals surface area contributed by atoms with Gasteiger partial charge in [0.05, 0.1) is 18.2 Å². The minimum atomic E-state index is -0.216. The topological polar surface area (TPSA) is 58.8 Å². The second kappa shape index (κ2) is 7.11. The van der Waals surface area contributed by atoms with Crippen LogP contribution in [0.3, 0.4) is 0 Å². The maximum atomic E-state index is 10.9. The molecule has 0 aliphatic carbocycles. The number of carbonyl (C=O) groups is 1. The number of likely N-dealkylation sites (tertiary alicyclic amines) is 1. The van der Waals surface area contributed by atoms with Gasteiger partial charge in [-0.05, 0) is 38.3 Å². The first-order chi connectivity index (χ1) is 11.5. The zero-order chi connectivity index (χ0) is 17.2. The third kappa shape index (κ3) is 3.90. The van der Waals surface area contributed by atoms with Crippen molar-refractivity contribution in [1.82, 2.24) is 4.90 Å². The predicted octanol–water partition coefficient (Wildman–Crippen LogP) is 1.93. The molecule has 0 radical (unpaired) electrons. The maximum Gasteiger partial charge on any atom is 0.218 e. The number of rotatable bonds is 5. The lowest BCUT2D eigenvalue weighted by atomic mass is 9.87. The van der Waals surface area contributed by atoms with E-state index in [-0.39, 0.29) is 11.5 Å². The lowest BCUT2D eigenvalue weighted by Gasteiger charge is -2.39. The third-order valence-electron chi connectivity index (χ3n) is 5.62. The summed E-state index contributed by atoms with van der Waals surface area (Å²) < 4.78 is 6.27. The summed E-state index contributed by atoms with van der Waals surface area (Å²) in [6, 6.07) is 9.13. The molecule has 1 spiro atoms. The molecule has 2 aliphatic rings. The van der Waals surface area contributed by atoms with Crippen LogP contribution < -0.4 is 10.6 Å². The minimum Gasteiger partial charge on any atom is -0.373 e. The lowest BCUT2D eigenvalue weighted by Crippen LogP contribution is -2.45. The van der Waals surface area contributed by atoms with E-state index in [2.05, 4.69) is 48.0 Å². The summed E-state index contributed by atoms with van der Waals surface area (Å²) in [5, 5.41) is 0. The quantitative estimate of drug-likeness (QED) is 0.896. The first-order valence-electron chi connectivity index (χ1n) is 8.92. The Balaban J connectivity index is 1.53. The fourth-order valence-corrected chi connectivity index (χ4v) is 3.86. The van der Waals surface area contributed by atoms with Crippen molar-refractivity contribution >= 4 is 11.6 Å². The van der Waals surface area contributed by atoms with Crippen LogP contribution in [-0.4, -0.2) is 55.7 Å². The molecule has 132 valence electrons. The Kier molecular flexibility index (Phi) is 5.11. The standard InChI is InChI=1S/C19H29N3O2/c1-15-3-5-16(6-4-15)21(2)17-13-19(24-14-17)8-11-22(12-9-19)10-7-18(20)23/h3-6,17H,7-14H2,1-2H3,(H2,20,23)/t17-/m0/s1. The Bertz CT molecular complexity index is 564. The van der Waals surface area contributed by atoms with Gasteiger partial charge >= 0.3 is 0 Å². The van der Waals surface area contributed by atoms with Crippen LogP contribution in [0.2, 0.25) is 0 Å². The zero-order valence-corrected chi connectivity index (χ0v) is 14.8. The summed E-state index contributed by atoms with van der Waals surface area (Å²) in [5.74, 6) is -0.216. The van der Waals surface area contributed by atoms with Crippen LogP contribution in [0.25, 0.3) is 0 Å². The monoisotopic (exact) mass is 331 g/mol. The number of amides is 1. The van der Waals surface area contributed by atoms with Crippen molar-refractivity contribution in [2.24, 2.45) is 5.73 Å². The number of piperidine rings is 1. The van der Waals surface area contributed by atoms with E-state index in [4.69, 9.17) is 10.5 Å². The molecule has 2 saturated heterocycles. The van der Waals surface area contributed by atoms with Gasteiger partial charge in [-0.1, -0.05) is 17.7 Å². The van der Waals surface area contributed by atoms with E-state index in [1.807, 2.05) is 0 Å². The van der Waals surface area contributed by atoms with E-state index in [0.717, 1.165) is 45.5 Å². The van der Waals surface area contributed by atoms with Crippen molar-refractivity contribution in [3.05, 3.63) is 29.8 Å². The van der Waals surface area contributed by atoms with Crippen LogP contribution in [0.1, 0.15) is 31.2 Å². The zero-order valence-electron chi connectivity index (χ0n) is 14.8. The molecule has 1 aromatic carbocycles. The molecule has 1 aromatic rings. The molecule has 5 nitrogen and oxygen atoms in total. The van der Waals surface area contributed by atoms with Crippen LogP contribution in [0.5, 0.6) is 0 Å². The van der Waals surface area contributed by atoms with Gasteiger partial charge in [0.2, 0.25) is 5.91 Å². The van der Waals surface area contributed by atoms with Crippen molar-refractivity contribution < 1.29 is 9.53 Å². The SMILES string of the molecule is Cc1ccc(N(C)[C@@H]2COC3(CCN(CCC(N)=O)CC3)C2)cc1. The summed E-state index contributed by atoms with van der Waals surface area (Å²) in [6.07, 6.45) is 3.63. The first kappa shape index (κ1) is 17.2. The number of primary amides is 1. The number of benzene rings is 1. The average molecular weight is 331 g/mol. The van der Waals surface area contributed by atoms with Gasteiger partial charge in [-0.3, -0.25) is 4.79 Å². The van der Waals surface area contributed by atoms with Gasteiger partial charge in [0, 0.05) is 38.8 Å². The van der Waals surface area contributed by atoms with Crippen molar-refractivity contribution in [2.45, 2.75) is 44.2 Å². The summed E-state index contributed by atoms with van der Waals surface area (Å²) >= 11 is 0. The van der Waals surface area contributed by atoms with Crippen LogP contribution in [0.4, 0.5) is 5.69 Å². The molecular formula is C19H29N3O2. The fourth-order valence-electron chi connectivity index (χ4n) is 3.86. The molecule has 1 atom stereocenters. The van der Waals surface area contributed by atoms with Crippen molar-refractivity contribution in [2.75, 3.05) is 38.2 Å².